The molecule has 0 radical (unpaired) electrons. The molecule has 1 fully saturated rings. The second-order valence-electron chi connectivity index (χ2n) is 6.21. The molecule has 2 N–H and O–H groups in total. The van der Waals surface area contributed by atoms with Crippen LogP contribution in [0.4, 0.5) is 17.5 Å². The number of benzene rings is 1. The van der Waals surface area contributed by atoms with Crippen LogP contribution >= 0.6 is 15.9 Å². The van der Waals surface area contributed by atoms with E-state index < -0.39 is 0 Å². The first-order valence-electron chi connectivity index (χ1n) is 8.26. The second kappa shape index (κ2) is 6.80. The molecule has 6 heteroatoms. The average molecular weight is 396 g/mol. The smallest absolute Gasteiger partial charge is 0.225 e. The van der Waals surface area contributed by atoms with Crippen molar-refractivity contribution in [3.8, 4) is 11.3 Å². The summed E-state index contributed by atoms with van der Waals surface area (Å²) in [5.74, 6) is 1.42. The highest BCUT2D eigenvalue weighted by molar-refractivity contribution is 9.10. The minimum absolute atomic E-state index is 0.492. The van der Waals surface area contributed by atoms with Crippen molar-refractivity contribution < 1.29 is 0 Å². The van der Waals surface area contributed by atoms with Crippen molar-refractivity contribution >= 4 is 33.4 Å². The zero-order valence-corrected chi connectivity index (χ0v) is 15.4. The van der Waals surface area contributed by atoms with Gasteiger partial charge in [0.15, 0.2) is 0 Å². The Morgan fingerprint density at radius 1 is 1.12 bits per heavy atom. The van der Waals surface area contributed by atoms with E-state index in [0.29, 0.717) is 12.0 Å². The van der Waals surface area contributed by atoms with Crippen LogP contribution in [-0.2, 0) is 0 Å². The number of aromatic nitrogens is 3. The fraction of sp³-hybridized carbons (Fsp3) is 0.211. The van der Waals surface area contributed by atoms with Crippen molar-refractivity contribution in [1.82, 2.24) is 15.0 Å². The lowest BCUT2D eigenvalue weighted by Crippen LogP contribution is -2.08. The Morgan fingerprint density at radius 2 is 2.00 bits per heavy atom. The van der Waals surface area contributed by atoms with Crippen LogP contribution < -0.4 is 10.6 Å². The van der Waals surface area contributed by atoms with Gasteiger partial charge in [-0.05, 0) is 55.7 Å². The molecule has 25 heavy (non-hydrogen) atoms. The summed E-state index contributed by atoms with van der Waals surface area (Å²) < 4.78 is 1.06. The molecule has 5 nitrogen and oxygen atoms in total. The summed E-state index contributed by atoms with van der Waals surface area (Å²) in [6, 6.07) is 12.5. The molecule has 126 valence electrons. The first-order chi connectivity index (χ1) is 12.2. The molecule has 1 saturated carbocycles. The molecule has 0 bridgehead atoms. The van der Waals surface area contributed by atoms with Crippen LogP contribution in [-0.4, -0.2) is 21.0 Å². The molecule has 2 heterocycles. The maximum absolute atomic E-state index is 4.65. The van der Waals surface area contributed by atoms with Crippen LogP contribution in [0.2, 0.25) is 0 Å². The zero-order chi connectivity index (χ0) is 17.2. The summed E-state index contributed by atoms with van der Waals surface area (Å²) in [7, 11) is 0. The lowest BCUT2D eigenvalue weighted by molar-refractivity contribution is 1.06. The Morgan fingerprint density at radius 3 is 2.72 bits per heavy atom. The summed E-state index contributed by atoms with van der Waals surface area (Å²) in [6.45, 7) is 2.07. The van der Waals surface area contributed by atoms with E-state index in [2.05, 4.69) is 54.5 Å². The number of aryl methyl sites for hydroxylation is 1. The number of pyridine rings is 1. The van der Waals surface area contributed by atoms with E-state index in [1.165, 1.54) is 12.8 Å². The first-order valence-corrected chi connectivity index (χ1v) is 9.06. The predicted octanol–water partition coefficient (Wildman–Crippen LogP) is 4.93. The number of nitrogens with zero attached hydrogens (tertiary/aromatic N) is 3. The molecule has 0 saturated heterocycles. The molecule has 0 aliphatic heterocycles. The Kier molecular flexibility index (Phi) is 4.36. The van der Waals surface area contributed by atoms with Crippen molar-refractivity contribution in [2.45, 2.75) is 25.8 Å². The van der Waals surface area contributed by atoms with Gasteiger partial charge in [0, 0.05) is 40.2 Å². The van der Waals surface area contributed by atoms with Crippen LogP contribution in [0.3, 0.4) is 0 Å². The summed E-state index contributed by atoms with van der Waals surface area (Å²) in [4.78, 5) is 13.5. The number of anilines is 3. The first kappa shape index (κ1) is 16.0. The van der Waals surface area contributed by atoms with E-state index in [1.54, 1.807) is 6.20 Å². The van der Waals surface area contributed by atoms with Gasteiger partial charge < -0.3 is 10.6 Å². The van der Waals surface area contributed by atoms with Crippen molar-refractivity contribution in [3.05, 3.63) is 58.8 Å². The Bertz CT molecular complexity index is 894. The van der Waals surface area contributed by atoms with E-state index in [4.69, 9.17) is 0 Å². The summed E-state index contributed by atoms with van der Waals surface area (Å²) >= 11 is 3.50. The third-order valence-corrected chi connectivity index (χ3v) is 4.54. The van der Waals surface area contributed by atoms with Crippen molar-refractivity contribution in [2.75, 3.05) is 10.6 Å². The second-order valence-corrected chi connectivity index (χ2v) is 7.12. The molecule has 3 aromatic rings. The summed E-state index contributed by atoms with van der Waals surface area (Å²) in [5.41, 5.74) is 3.99. The summed E-state index contributed by atoms with van der Waals surface area (Å²) in [5, 5.41) is 6.80. The maximum Gasteiger partial charge on any atom is 0.225 e. The SMILES string of the molecule is Cc1cc(Br)ccc1Nc1cc(-c2cccnc2)nc(NC2CC2)n1. The third-order valence-electron chi connectivity index (χ3n) is 4.05. The van der Waals surface area contributed by atoms with Crippen molar-refractivity contribution in [1.29, 1.82) is 0 Å². The number of nitrogens with one attached hydrogen (secondary N) is 2. The monoisotopic (exact) mass is 395 g/mol. The molecule has 2 aromatic heterocycles. The molecule has 1 aliphatic carbocycles. The van der Waals surface area contributed by atoms with Gasteiger partial charge in [-0.3, -0.25) is 4.98 Å². The fourth-order valence-corrected chi connectivity index (χ4v) is 3.03. The number of hydrogen-bond donors (Lipinski definition) is 2. The van der Waals surface area contributed by atoms with Gasteiger partial charge in [-0.1, -0.05) is 15.9 Å². The van der Waals surface area contributed by atoms with Crippen molar-refractivity contribution in [3.63, 3.8) is 0 Å². The number of hydrogen-bond acceptors (Lipinski definition) is 5. The highest BCUT2D eigenvalue weighted by Crippen LogP contribution is 2.28. The largest absolute Gasteiger partial charge is 0.351 e. The van der Waals surface area contributed by atoms with E-state index in [-0.39, 0.29) is 0 Å². The van der Waals surface area contributed by atoms with E-state index >= 15 is 0 Å². The molecule has 1 aliphatic rings. The number of rotatable bonds is 5. The molecule has 0 atom stereocenters. The highest BCUT2D eigenvalue weighted by Gasteiger charge is 2.22. The Hall–Kier alpha value is -2.47. The lowest BCUT2D eigenvalue weighted by Gasteiger charge is -2.13. The van der Waals surface area contributed by atoms with E-state index in [0.717, 1.165) is 32.8 Å². The van der Waals surface area contributed by atoms with Crippen molar-refractivity contribution in [2.24, 2.45) is 0 Å². The highest BCUT2D eigenvalue weighted by atomic mass is 79.9. The van der Waals surface area contributed by atoms with Crippen LogP contribution in [0.5, 0.6) is 0 Å². The fourth-order valence-electron chi connectivity index (χ4n) is 2.55. The lowest BCUT2D eigenvalue weighted by atomic mass is 10.2. The molecule has 1 aromatic carbocycles. The average Bonchev–Trinajstić information content (AvgIpc) is 3.42. The van der Waals surface area contributed by atoms with Gasteiger partial charge in [0.25, 0.3) is 0 Å². The van der Waals surface area contributed by atoms with Crippen LogP contribution in [0.25, 0.3) is 11.3 Å². The van der Waals surface area contributed by atoms with Gasteiger partial charge in [0.1, 0.15) is 5.82 Å². The van der Waals surface area contributed by atoms with Crippen LogP contribution in [0, 0.1) is 6.92 Å². The molecular weight excluding hydrogens is 378 g/mol. The normalized spacial score (nSPS) is 13.5. The van der Waals surface area contributed by atoms with Crippen LogP contribution in [0.15, 0.2) is 53.3 Å². The van der Waals surface area contributed by atoms with E-state index in [9.17, 15) is 0 Å². The van der Waals surface area contributed by atoms with Gasteiger partial charge in [0.2, 0.25) is 5.95 Å². The quantitative estimate of drug-likeness (QED) is 0.641. The molecule has 0 unspecified atom stereocenters. The molecule has 0 amide bonds. The molecule has 0 spiro atoms. The zero-order valence-electron chi connectivity index (χ0n) is 13.8. The van der Waals surface area contributed by atoms with Gasteiger partial charge in [-0.15, -0.1) is 0 Å². The predicted molar refractivity (Wildman–Crippen MR) is 104 cm³/mol. The minimum Gasteiger partial charge on any atom is -0.351 e. The topological polar surface area (TPSA) is 62.7 Å². The number of halogens is 1. The Labute approximate surface area is 155 Å². The maximum atomic E-state index is 4.65. The third kappa shape index (κ3) is 3.96. The van der Waals surface area contributed by atoms with Gasteiger partial charge in [-0.25, -0.2) is 4.98 Å². The van der Waals surface area contributed by atoms with Crippen LogP contribution in [0.1, 0.15) is 18.4 Å². The van der Waals surface area contributed by atoms with Gasteiger partial charge in [-0.2, -0.15) is 4.98 Å². The Balaban J connectivity index is 1.70. The minimum atomic E-state index is 0.492. The van der Waals surface area contributed by atoms with Gasteiger partial charge in [0.05, 0.1) is 5.69 Å². The van der Waals surface area contributed by atoms with E-state index in [1.807, 2.05) is 36.5 Å². The standard InChI is InChI=1S/C19H18BrN5/c1-12-9-14(20)4-7-16(12)23-18-10-17(13-3-2-8-21-11-13)24-19(25-18)22-15-5-6-15/h2-4,7-11,15H,5-6H2,1H3,(H2,22,23,24,25). The molecular formula is C19H18BrN5. The molecule has 4 rings (SSSR count). The van der Waals surface area contributed by atoms with Gasteiger partial charge >= 0.3 is 0 Å². The summed E-state index contributed by atoms with van der Waals surface area (Å²) in [6.07, 6.45) is 5.93.